The molecule has 0 fully saturated rings. The fourth-order valence-electron chi connectivity index (χ4n) is 4.05. The van der Waals surface area contributed by atoms with Gasteiger partial charge >= 0.3 is 12.2 Å². The van der Waals surface area contributed by atoms with Gasteiger partial charge in [0.25, 0.3) is 10.0 Å². The second kappa shape index (κ2) is 13.3. The molecule has 11 nitrogen and oxygen atoms in total. The van der Waals surface area contributed by atoms with Crippen molar-refractivity contribution in [3.63, 3.8) is 0 Å². The summed E-state index contributed by atoms with van der Waals surface area (Å²) in [6.45, 7) is 5.69. The lowest BCUT2D eigenvalue weighted by Crippen LogP contribution is -2.32. The number of para-hydroxylation sites is 2. The van der Waals surface area contributed by atoms with Gasteiger partial charge in [-0.1, -0.05) is 48.5 Å². The monoisotopic (exact) mass is 616 g/mol. The molecule has 1 heterocycles. The van der Waals surface area contributed by atoms with Crippen molar-refractivity contribution >= 4 is 45.6 Å². The van der Waals surface area contributed by atoms with E-state index in [-0.39, 0.29) is 16.3 Å². The summed E-state index contributed by atoms with van der Waals surface area (Å²) in [5.41, 5.74) is 2.97. The maximum absolute atomic E-state index is 13.2. The molecule has 0 aliphatic carbocycles. The quantitative estimate of drug-likeness (QED) is 0.164. The Morgan fingerprint density at radius 1 is 0.864 bits per heavy atom. The molecule has 1 aromatic heterocycles. The first-order chi connectivity index (χ1) is 20.8. The van der Waals surface area contributed by atoms with Crippen LogP contribution in [0.1, 0.15) is 31.9 Å². The van der Waals surface area contributed by atoms with Crippen molar-refractivity contribution in [1.29, 1.82) is 0 Å². The molecule has 0 saturated carbocycles. The minimum absolute atomic E-state index is 0.0887. The van der Waals surface area contributed by atoms with Crippen LogP contribution in [-0.2, 0) is 26.1 Å². The number of carbonyl (C=O) groups excluding carboxylic acids is 2. The standard InChI is InChI=1S/C32H32N4O7S/c1-32(2,3)43-31(40)33-20-22-8-11-24(12-9-22)25-13-15-26(16-14-25)44(41,42)36-19-18-23(21-36)10-17-29(37)34-27-6-4-5-7-28(27)35-30(38)39/h4-19,21,35H,20H2,1-3H3,(H,33,40)(H,34,37)(H,38,39)/b17-10+. The van der Waals surface area contributed by atoms with Gasteiger partial charge in [0.05, 0.1) is 16.3 Å². The summed E-state index contributed by atoms with van der Waals surface area (Å²) >= 11 is 0. The number of anilines is 2. The number of ether oxygens (including phenoxy) is 1. The summed E-state index contributed by atoms with van der Waals surface area (Å²) in [5, 5.41) is 16.5. The smallest absolute Gasteiger partial charge is 0.409 e. The van der Waals surface area contributed by atoms with E-state index in [1.54, 1.807) is 57.2 Å². The number of carbonyl (C=O) groups is 3. The van der Waals surface area contributed by atoms with E-state index in [0.29, 0.717) is 12.1 Å². The molecule has 4 rings (SSSR count). The zero-order valence-electron chi connectivity index (χ0n) is 24.3. The maximum atomic E-state index is 13.2. The van der Waals surface area contributed by atoms with E-state index in [1.165, 1.54) is 42.7 Å². The molecule has 12 heteroatoms. The number of nitrogens with zero attached hydrogens (tertiary/aromatic N) is 1. The Bertz CT molecular complexity index is 1790. The van der Waals surface area contributed by atoms with Crippen LogP contribution in [0.2, 0.25) is 0 Å². The number of carboxylic acid groups (broad SMARTS) is 1. The fourth-order valence-corrected chi connectivity index (χ4v) is 5.25. The minimum atomic E-state index is -3.89. The van der Waals surface area contributed by atoms with Gasteiger partial charge in [-0.3, -0.25) is 10.1 Å². The molecule has 228 valence electrons. The summed E-state index contributed by atoms with van der Waals surface area (Å²) in [6, 6.07) is 21.9. The summed E-state index contributed by atoms with van der Waals surface area (Å²) in [5.74, 6) is -0.525. The van der Waals surface area contributed by atoms with Crippen molar-refractivity contribution in [3.05, 3.63) is 108 Å². The van der Waals surface area contributed by atoms with Crippen LogP contribution in [0.15, 0.2) is 102 Å². The van der Waals surface area contributed by atoms with Crippen LogP contribution in [0, 0.1) is 0 Å². The lowest BCUT2D eigenvalue weighted by molar-refractivity contribution is -0.111. The molecule has 0 aliphatic rings. The highest BCUT2D eigenvalue weighted by Gasteiger charge is 2.17. The normalized spacial score (nSPS) is 11.6. The topological polar surface area (TPSA) is 156 Å². The Hall–Kier alpha value is -5.36. The molecule has 4 N–H and O–H groups in total. The molecule has 0 spiro atoms. The Morgan fingerprint density at radius 2 is 1.45 bits per heavy atom. The van der Waals surface area contributed by atoms with Crippen LogP contribution in [0.5, 0.6) is 0 Å². The van der Waals surface area contributed by atoms with Gasteiger partial charge in [-0.05, 0) is 79.4 Å². The fraction of sp³-hybridized carbons (Fsp3) is 0.156. The lowest BCUT2D eigenvalue weighted by atomic mass is 10.0. The highest BCUT2D eigenvalue weighted by Crippen LogP contribution is 2.24. The van der Waals surface area contributed by atoms with Gasteiger partial charge in [0.15, 0.2) is 0 Å². The summed E-state index contributed by atoms with van der Waals surface area (Å²) in [7, 11) is -3.89. The maximum Gasteiger partial charge on any atom is 0.409 e. The molecule has 44 heavy (non-hydrogen) atoms. The van der Waals surface area contributed by atoms with Crippen LogP contribution in [0.4, 0.5) is 21.0 Å². The zero-order valence-corrected chi connectivity index (χ0v) is 25.1. The number of amides is 3. The largest absolute Gasteiger partial charge is 0.465 e. The summed E-state index contributed by atoms with van der Waals surface area (Å²) < 4.78 is 32.7. The Morgan fingerprint density at radius 3 is 2.05 bits per heavy atom. The molecule has 0 bridgehead atoms. The molecule has 0 unspecified atom stereocenters. The van der Waals surface area contributed by atoms with Crippen molar-refractivity contribution in [2.24, 2.45) is 0 Å². The van der Waals surface area contributed by atoms with Gasteiger partial charge in [0.2, 0.25) is 5.91 Å². The first kappa shape index (κ1) is 31.6. The van der Waals surface area contributed by atoms with Crippen molar-refractivity contribution in [2.75, 3.05) is 10.6 Å². The Kier molecular flexibility index (Phi) is 9.54. The van der Waals surface area contributed by atoms with Gasteiger partial charge in [-0.25, -0.2) is 22.0 Å². The van der Waals surface area contributed by atoms with E-state index < -0.39 is 33.7 Å². The van der Waals surface area contributed by atoms with E-state index in [0.717, 1.165) is 20.7 Å². The first-order valence-electron chi connectivity index (χ1n) is 13.5. The highest BCUT2D eigenvalue weighted by molar-refractivity contribution is 7.90. The van der Waals surface area contributed by atoms with E-state index in [1.807, 2.05) is 24.3 Å². The van der Waals surface area contributed by atoms with E-state index >= 15 is 0 Å². The Labute approximate surface area is 255 Å². The number of aromatic nitrogens is 1. The third kappa shape index (κ3) is 8.58. The van der Waals surface area contributed by atoms with Gasteiger partial charge in [-0.2, -0.15) is 0 Å². The third-order valence-electron chi connectivity index (χ3n) is 6.10. The molecule has 3 amide bonds. The molecular weight excluding hydrogens is 584 g/mol. The van der Waals surface area contributed by atoms with Gasteiger partial charge in [-0.15, -0.1) is 0 Å². The number of hydrogen-bond donors (Lipinski definition) is 4. The van der Waals surface area contributed by atoms with E-state index in [4.69, 9.17) is 9.84 Å². The second-order valence-corrected chi connectivity index (χ2v) is 12.5. The predicted octanol–water partition coefficient (Wildman–Crippen LogP) is 6.16. The second-order valence-electron chi connectivity index (χ2n) is 10.7. The number of hydrogen-bond acceptors (Lipinski definition) is 6. The molecular formula is C32H32N4O7S. The highest BCUT2D eigenvalue weighted by atomic mass is 32.2. The van der Waals surface area contributed by atoms with E-state index in [2.05, 4.69) is 16.0 Å². The molecule has 0 saturated heterocycles. The average molecular weight is 617 g/mol. The molecule has 0 radical (unpaired) electrons. The van der Waals surface area contributed by atoms with Crippen molar-refractivity contribution in [1.82, 2.24) is 9.29 Å². The van der Waals surface area contributed by atoms with Crippen LogP contribution in [-0.4, -0.2) is 41.2 Å². The number of benzene rings is 3. The Balaban J connectivity index is 1.38. The summed E-state index contributed by atoms with van der Waals surface area (Å²) in [4.78, 5) is 35.3. The van der Waals surface area contributed by atoms with Crippen molar-refractivity contribution in [2.45, 2.75) is 37.8 Å². The van der Waals surface area contributed by atoms with Crippen LogP contribution in [0.25, 0.3) is 17.2 Å². The van der Waals surface area contributed by atoms with Crippen LogP contribution < -0.4 is 16.0 Å². The van der Waals surface area contributed by atoms with Crippen LogP contribution >= 0.6 is 0 Å². The minimum Gasteiger partial charge on any atom is -0.465 e. The molecule has 3 aromatic carbocycles. The van der Waals surface area contributed by atoms with Gasteiger partial charge in [0.1, 0.15) is 5.60 Å². The van der Waals surface area contributed by atoms with Crippen molar-refractivity contribution in [3.8, 4) is 11.1 Å². The zero-order chi connectivity index (χ0) is 31.9. The van der Waals surface area contributed by atoms with Crippen molar-refractivity contribution < 1.29 is 32.6 Å². The van der Waals surface area contributed by atoms with E-state index in [9.17, 15) is 22.8 Å². The molecule has 0 atom stereocenters. The number of nitrogens with one attached hydrogen (secondary N) is 3. The molecule has 4 aromatic rings. The molecule has 0 aliphatic heterocycles. The summed E-state index contributed by atoms with van der Waals surface area (Å²) in [6.07, 6.45) is 3.68. The van der Waals surface area contributed by atoms with Gasteiger partial charge in [0, 0.05) is 25.0 Å². The first-order valence-corrected chi connectivity index (χ1v) is 14.9. The van der Waals surface area contributed by atoms with Crippen LogP contribution in [0.3, 0.4) is 0 Å². The third-order valence-corrected chi connectivity index (χ3v) is 7.75. The lowest BCUT2D eigenvalue weighted by Gasteiger charge is -2.19. The van der Waals surface area contributed by atoms with Gasteiger partial charge < -0.3 is 20.5 Å². The number of rotatable bonds is 9. The SMILES string of the molecule is CC(C)(C)OC(=O)NCc1ccc(-c2ccc(S(=O)(=O)n3ccc(/C=C/C(=O)Nc4ccccc4NC(=O)O)c3)cc2)cc1. The predicted molar refractivity (Wildman–Crippen MR) is 168 cm³/mol. The average Bonchev–Trinajstić information content (AvgIpc) is 3.46. The number of alkyl carbamates (subject to hydrolysis) is 1.